The third kappa shape index (κ3) is 6.46. The molecule has 25 heavy (non-hydrogen) atoms. The summed E-state index contributed by atoms with van der Waals surface area (Å²) < 4.78 is 10.7. The zero-order valence-electron chi connectivity index (χ0n) is 16.5. The molecule has 1 atom stereocenters. The van der Waals surface area contributed by atoms with Gasteiger partial charge in [0.05, 0.1) is 6.61 Å². The molecule has 1 unspecified atom stereocenters. The largest absolute Gasteiger partial charge is 0.461 e. The Bertz CT molecular complexity index is 484. The van der Waals surface area contributed by atoms with E-state index in [1.807, 2.05) is 6.08 Å². The highest BCUT2D eigenvalue weighted by molar-refractivity contribution is 5.91. The highest BCUT2D eigenvalue weighted by atomic mass is 16.6. The molecule has 1 N–H and O–H groups in total. The number of esters is 2. The van der Waals surface area contributed by atoms with E-state index in [9.17, 15) is 14.7 Å². The molecule has 0 radical (unpaired) electrons. The van der Waals surface area contributed by atoms with Crippen molar-refractivity contribution in [2.45, 2.75) is 66.4 Å². The Labute approximate surface area is 151 Å². The van der Waals surface area contributed by atoms with E-state index in [1.165, 1.54) is 0 Å². The van der Waals surface area contributed by atoms with Gasteiger partial charge in [0, 0.05) is 18.4 Å². The van der Waals surface area contributed by atoms with Crippen LogP contribution in [0.5, 0.6) is 0 Å². The van der Waals surface area contributed by atoms with Gasteiger partial charge in [-0.25, -0.2) is 4.79 Å². The third-order valence-corrected chi connectivity index (χ3v) is 4.82. The van der Waals surface area contributed by atoms with Gasteiger partial charge < -0.3 is 14.6 Å². The van der Waals surface area contributed by atoms with E-state index in [-0.39, 0.29) is 31.5 Å². The van der Waals surface area contributed by atoms with Gasteiger partial charge >= 0.3 is 11.9 Å². The van der Waals surface area contributed by atoms with Crippen molar-refractivity contribution in [3.8, 4) is 0 Å². The second-order valence-corrected chi connectivity index (χ2v) is 8.28. The summed E-state index contributed by atoms with van der Waals surface area (Å²) in [5.41, 5.74) is -0.582. The van der Waals surface area contributed by atoms with Gasteiger partial charge in [-0.05, 0) is 30.1 Å². The molecular formula is C20H34O5. The molecule has 0 spiro atoms. The number of carbonyl (C=O) groups excluding carboxylic acids is 2. The SMILES string of the molecule is CC(C)C/C=C1/CC(CO)(COC(=O)CC(C(C)C)C(C)C)OC1=O. The van der Waals surface area contributed by atoms with Crippen LogP contribution in [0.25, 0.3) is 0 Å². The van der Waals surface area contributed by atoms with E-state index in [1.54, 1.807) is 0 Å². The maximum atomic E-state index is 12.2. The normalized spacial score (nSPS) is 22.5. The van der Waals surface area contributed by atoms with Gasteiger partial charge in [0.15, 0.2) is 5.60 Å². The summed E-state index contributed by atoms with van der Waals surface area (Å²) in [5, 5.41) is 9.70. The lowest BCUT2D eigenvalue weighted by atomic mass is 9.83. The van der Waals surface area contributed by atoms with Crippen molar-refractivity contribution in [1.29, 1.82) is 0 Å². The minimum atomic E-state index is -1.14. The fourth-order valence-corrected chi connectivity index (χ4v) is 3.17. The lowest BCUT2D eigenvalue weighted by molar-refractivity contribution is -0.167. The molecule has 1 rings (SSSR count). The van der Waals surface area contributed by atoms with Crippen LogP contribution in [0.2, 0.25) is 0 Å². The number of ether oxygens (including phenoxy) is 2. The molecule has 5 heteroatoms. The quantitative estimate of drug-likeness (QED) is 0.507. The molecule has 0 aliphatic carbocycles. The van der Waals surface area contributed by atoms with Gasteiger partial charge in [0.1, 0.15) is 6.61 Å². The second kappa shape index (κ2) is 9.37. The van der Waals surface area contributed by atoms with Gasteiger partial charge in [-0.1, -0.05) is 47.6 Å². The van der Waals surface area contributed by atoms with Crippen LogP contribution in [0, 0.1) is 23.7 Å². The van der Waals surface area contributed by atoms with Crippen molar-refractivity contribution in [2.75, 3.05) is 13.2 Å². The fraction of sp³-hybridized carbons (Fsp3) is 0.800. The first-order chi connectivity index (χ1) is 11.6. The highest BCUT2D eigenvalue weighted by Gasteiger charge is 2.44. The maximum absolute atomic E-state index is 12.2. The monoisotopic (exact) mass is 354 g/mol. The van der Waals surface area contributed by atoms with Crippen molar-refractivity contribution in [1.82, 2.24) is 0 Å². The molecule has 5 nitrogen and oxygen atoms in total. The standard InChI is InChI=1S/C20H34O5/c1-13(2)7-8-16-10-20(11-21,25-19(16)23)12-24-18(22)9-17(14(3)4)15(5)6/h8,13-15,17,21H,7,9-12H2,1-6H3/b16-8-. The van der Waals surface area contributed by atoms with Crippen molar-refractivity contribution in [3.63, 3.8) is 0 Å². The Balaban J connectivity index is 2.66. The van der Waals surface area contributed by atoms with Crippen molar-refractivity contribution < 1.29 is 24.2 Å². The molecule has 1 fully saturated rings. The van der Waals surface area contributed by atoms with Crippen LogP contribution in [-0.4, -0.2) is 35.9 Å². The van der Waals surface area contributed by atoms with Gasteiger partial charge in [-0.15, -0.1) is 0 Å². The summed E-state index contributed by atoms with van der Waals surface area (Å²) in [6.45, 7) is 12.1. The summed E-state index contributed by atoms with van der Waals surface area (Å²) in [6, 6.07) is 0. The van der Waals surface area contributed by atoms with Crippen molar-refractivity contribution in [3.05, 3.63) is 11.6 Å². The Morgan fingerprint density at radius 2 is 1.84 bits per heavy atom. The number of cyclic esters (lactones) is 1. The van der Waals surface area contributed by atoms with Gasteiger partial charge in [-0.2, -0.15) is 0 Å². The lowest BCUT2D eigenvalue weighted by Gasteiger charge is -2.26. The predicted octanol–water partition coefficient (Wildman–Crippen LogP) is 3.50. The van der Waals surface area contributed by atoms with Crippen molar-refractivity contribution >= 4 is 11.9 Å². The first kappa shape index (κ1) is 21.7. The Hall–Kier alpha value is -1.36. The summed E-state index contributed by atoms with van der Waals surface area (Å²) >= 11 is 0. The van der Waals surface area contributed by atoms with Gasteiger partial charge in [0.25, 0.3) is 0 Å². The molecule has 1 aliphatic rings. The topological polar surface area (TPSA) is 72.8 Å². The van der Waals surface area contributed by atoms with Crippen LogP contribution in [-0.2, 0) is 19.1 Å². The molecule has 1 saturated heterocycles. The number of aliphatic hydroxyl groups is 1. The van der Waals surface area contributed by atoms with Crippen LogP contribution in [0.1, 0.15) is 60.8 Å². The van der Waals surface area contributed by atoms with Crippen LogP contribution in [0.4, 0.5) is 0 Å². The highest BCUT2D eigenvalue weighted by Crippen LogP contribution is 2.32. The first-order valence-electron chi connectivity index (χ1n) is 9.29. The zero-order valence-corrected chi connectivity index (χ0v) is 16.5. The number of carbonyl (C=O) groups is 2. The molecular weight excluding hydrogens is 320 g/mol. The van der Waals surface area contributed by atoms with Crippen LogP contribution in [0.3, 0.4) is 0 Å². The molecule has 0 bridgehead atoms. The third-order valence-electron chi connectivity index (χ3n) is 4.82. The predicted molar refractivity (Wildman–Crippen MR) is 96.8 cm³/mol. The molecule has 1 aliphatic heterocycles. The second-order valence-electron chi connectivity index (χ2n) is 8.28. The first-order valence-corrected chi connectivity index (χ1v) is 9.29. The average molecular weight is 354 g/mol. The van der Waals surface area contributed by atoms with E-state index in [0.717, 1.165) is 6.42 Å². The van der Waals surface area contributed by atoms with Gasteiger partial charge in [-0.3, -0.25) is 4.79 Å². The molecule has 1 heterocycles. The van der Waals surface area contributed by atoms with E-state index >= 15 is 0 Å². The average Bonchev–Trinajstić information content (AvgIpc) is 2.85. The Morgan fingerprint density at radius 3 is 2.32 bits per heavy atom. The van der Waals surface area contributed by atoms with Crippen LogP contribution >= 0.6 is 0 Å². The van der Waals surface area contributed by atoms with Crippen molar-refractivity contribution in [2.24, 2.45) is 23.7 Å². The Morgan fingerprint density at radius 1 is 1.24 bits per heavy atom. The smallest absolute Gasteiger partial charge is 0.334 e. The van der Waals surface area contributed by atoms with E-state index < -0.39 is 11.6 Å². The lowest BCUT2D eigenvalue weighted by Crippen LogP contribution is -2.39. The molecule has 144 valence electrons. The number of rotatable bonds is 9. The summed E-state index contributed by atoms with van der Waals surface area (Å²) in [6.07, 6.45) is 3.25. The van der Waals surface area contributed by atoms with E-state index in [0.29, 0.717) is 29.7 Å². The zero-order chi connectivity index (χ0) is 19.2. The molecule has 0 aromatic carbocycles. The van der Waals surface area contributed by atoms with E-state index in [4.69, 9.17) is 9.47 Å². The van der Waals surface area contributed by atoms with Crippen LogP contribution < -0.4 is 0 Å². The molecule has 0 amide bonds. The summed E-state index contributed by atoms with van der Waals surface area (Å²) in [4.78, 5) is 24.2. The number of hydrogen-bond donors (Lipinski definition) is 1. The van der Waals surface area contributed by atoms with Crippen LogP contribution in [0.15, 0.2) is 11.6 Å². The Kier molecular flexibility index (Phi) is 8.13. The minimum absolute atomic E-state index is 0.101. The molecule has 0 saturated carbocycles. The van der Waals surface area contributed by atoms with E-state index in [2.05, 4.69) is 41.5 Å². The molecule has 0 aromatic rings. The summed E-state index contributed by atoms with van der Waals surface area (Å²) in [7, 11) is 0. The maximum Gasteiger partial charge on any atom is 0.334 e. The number of allylic oxidation sites excluding steroid dienone is 1. The van der Waals surface area contributed by atoms with Gasteiger partial charge in [0.2, 0.25) is 0 Å². The minimum Gasteiger partial charge on any atom is -0.461 e. The molecule has 0 aromatic heterocycles. The number of hydrogen-bond acceptors (Lipinski definition) is 5. The fourth-order valence-electron chi connectivity index (χ4n) is 3.17. The number of aliphatic hydroxyl groups excluding tert-OH is 1. The summed E-state index contributed by atoms with van der Waals surface area (Å²) in [5.74, 6) is 0.712.